The third kappa shape index (κ3) is 5.91. The summed E-state index contributed by atoms with van der Waals surface area (Å²) >= 11 is 12.2. The predicted octanol–water partition coefficient (Wildman–Crippen LogP) is 5.08. The zero-order chi connectivity index (χ0) is 27.4. The Morgan fingerprint density at radius 1 is 0.921 bits per heavy atom. The number of carbonyl (C=O) groups is 2. The first-order valence-corrected chi connectivity index (χ1v) is 12.5. The molecule has 38 heavy (non-hydrogen) atoms. The number of urea groups is 1. The standard InChI is InChI=1S/C27H28Cl2N4O5/c1-36-23-9-8-22(24(37-2)25(23)38-3)32-27(35)31-19-7-5-16-13-33(14-17(16)10-19)26(34)21(30)11-15-4-6-18(28)12-20(15)29/h4-10,12,21H,11,13-14,30H2,1-3H3,(H2,31,32,35). The largest absolute Gasteiger partial charge is 0.493 e. The third-order valence-corrected chi connectivity index (χ3v) is 6.81. The van der Waals surface area contributed by atoms with Crippen molar-refractivity contribution >= 4 is 46.5 Å². The van der Waals surface area contributed by atoms with Crippen molar-refractivity contribution in [3.05, 3.63) is 75.3 Å². The molecule has 200 valence electrons. The lowest BCUT2D eigenvalue weighted by Gasteiger charge is -2.20. The minimum absolute atomic E-state index is 0.181. The Balaban J connectivity index is 1.40. The number of hydrogen-bond acceptors (Lipinski definition) is 6. The number of amides is 3. The van der Waals surface area contributed by atoms with Crippen molar-refractivity contribution < 1.29 is 23.8 Å². The van der Waals surface area contributed by atoms with Gasteiger partial charge >= 0.3 is 6.03 Å². The van der Waals surface area contributed by atoms with E-state index in [1.807, 2.05) is 12.1 Å². The molecule has 4 rings (SSSR count). The van der Waals surface area contributed by atoms with Gasteiger partial charge in [0.25, 0.3) is 0 Å². The summed E-state index contributed by atoms with van der Waals surface area (Å²) in [5.74, 6) is 0.997. The molecule has 0 fully saturated rings. The van der Waals surface area contributed by atoms with Gasteiger partial charge in [-0.15, -0.1) is 0 Å². The van der Waals surface area contributed by atoms with E-state index in [2.05, 4.69) is 10.6 Å². The molecule has 0 aliphatic carbocycles. The van der Waals surface area contributed by atoms with Crippen molar-refractivity contribution in [2.45, 2.75) is 25.6 Å². The average molecular weight is 559 g/mol. The molecular formula is C27H28Cl2N4O5. The zero-order valence-corrected chi connectivity index (χ0v) is 22.7. The summed E-state index contributed by atoms with van der Waals surface area (Å²) in [6, 6.07) is 12.8. The highest BCUT2D eigenvalue weighted by atomic mass is 35.5. The molecule has 11 heteroatoms. The molecule has 0 spiro atoms. The summed E-state index contributed by atoms with van der Waals surface area (Å²) in [5.41, 5.74) is 9.89. The fourth-order valence-corrected chi connectivity index (χ4v) is 4.84. The van der Waals surface area contributed by atoms with E-state index in [1.165, 1.54) is 21.3 Å². The van der Waals surface area contributed by atoms with Crippen LogP contribution in [0.1, 0.15) is 16.7 Å². The zero-order valence-electron chi connectivity index (χ0n) is 21.1. The van der Waals surface area contributed by atoms with Gasteiger partial charge in [-0.1, -0.05) is 35.3 Å². The van der Waals surface area contributed by atoms with Crippen LogP contribution < -0.4 is 30.6 Å². The maximum absolute atomic E-state index is 13.0. The molecule has 3 amide bonds. The van der Waals surface area contributed by atoms with Gasteiger partial charge in [-0.05, 0) is 59.5 Å². The van der Waals surface area contributed by atoms with Crippen molar-refractivity contribution in [3.63, 3.8) is 0 Å². The topological polar surface area (TPSA) is 115 Å². The van der Waals surface area contributed by atoms with Crippen LogP contribution in [0.3, 0.4) is 0 Å². The van der Waals surface area contributed by atoms with Crippen LogP contribution in [-0.4, -0.2) is 44.2 Å². The van der Waals surface area contributed by atoms with Crippen LogP contribution in [0.4, 0.5) is 16.2 Å². The Labute approximate surface area is 230 Å². The molecule has 0 bridgehead atoms. The van der Waals surface area contributed by atoms with Gasteiger partial charge in [-0.25, -0.2) is 4.79 Å². The third-order valence-electron chi connectivity index (χ3n) is 6.22. The first-order chi connectivity index (χ1) is 18.2. The van der Waals surface area contributed by atoms with E-state index in [0.717, 1.165) is 16.7 Å². The molecule has 3 aromatic carbocycles. The molecule has 1 unspecified atom stereocenters. The lowest BCUT2D eigenvalue weighted by molar-refractivity contribution is -0.133. The van der Waals surface area contributed by atoms with E-state index in [1.54, 1.807) is 41.3 Å². The predicted molar refractivity (Wildman–Crippen MR) is 148 cm³/mol. The van der Waals surface area contributed by atoms with Crippen molar-refractivity contribution in [1.29, 1.82) is 0 Å². The van der Waals surface area contributed by atoms with Gasteiger partial charge < -0.3 is 35.5 Å². The molecule has 1 aliphatic rings. The molecule has 1 aliphatic heterocycles. The first-order valence-electron chi connectivity index (χ1n) is 11.7. The fourth-order valence-electron chi connectivity index (χ4n) is 4.36. The number of benzene rings is 3. The van der Waals surface area contributed by atoms with Crippen LogP contribution in [0.25, 0.3) is 0 Å². The lowest BCUT2D eigenvalue weighted by Crippen LogP contribution is -2.42. The Bertz CT molecular complexity index is 1370. The van der Waals surface area contributed by atoms with E-state index in [0.29, 0.717) is 58.2 Å². The maximum Gasteiger partial charge on any atom is 0.323 e. The number of fused-ring (bicyclic) bond motifs is 1. The lowest BCUT2D eigenvalue weighted by atomic mass is 10.1. The summed E-state index contributed by atoms with van der Waals surface area (Å²) in [6.45, 7) is 0.822. The molecule has 4 N–H and O–H groups in total. The Morgan fingerprint density at radius 2 is 1.66 bits per heavy atom. The molecule has 0 radical (unpaired) electrons. The van der Waals surface area contributed by atoms with Crippen LogP contribution in [0.2, 0.25) is 10.0 Å². The minimum atomic E-state index is -0.747. The van der Waals surface area contributed by atoms with Crippen molar-refractivity contribution in [2.75, 3.05) is 32.0 Å². The van der Waals surface area contributed by atoms with E-state index in [9.17, 15) is 9.59 Å². The number of nitrogens with two attached hydrogens (primary N) is 1. The summed E-state index contributed by atoms with van der Waals surface area (Å²) in [6.07, 6.45) is 0.300. The van der Waals surface area contributed by atoms with E-state index in [-0.39, 0.29) is 5.91 Å². The highest BCUT2D eigenvalue weighted by Gasteiger charge is 2.28. The van der Waals surface area contributed by atoms with Crippen molar-refractivity contribution in [3.8, 4) is 17.2 Å². The van der Waals surface area contributed by atoms with Crippen LogP contribution in [0.15, 0.2) is 48.5 Å². The number of methoxy groups -OCH3 is 3. The number of nitrogens with zero attached hydrogens (tertiary/aromatic N) is 1. The molecule has 1 atom stereocenters. The Hall–Kier alpha value is -3.66. The Morgan fingerprint density at radius 3 is 2.34 bits per heavy atom. The number of anilines is 2. The number of hydrogen-bond donors (Lipinski definition) is 3. The SMILES string of the molecule is COc1ccc(NC(=O)Nc2ccc3c(c2)CN(C(=O)C(N)Cc2ccc(Cl)cc2Cl)C3)c(OC)c1OC. The summed E-state index contributed by atoms with van der Waals surface area (Å²) in [7, 11) is 4.48. The summed E-state index contributed by atoms with van der Waals surface area (Å²) in [4.78, 5) is 27.5. The van der Waals surface area contributed by atoms with Gasteiger partial charge in [0, 0.05) is 28.8 Å². The molecular weight excluding hydrogens is 531 g/mol. The second-order valence-electron chi connectivity index (χ2n) is 8.69. The summed E-state index contributed by atoms with van der Waals surface area (Å²) in [5, 5.41) is 6.58. The molecule has 0 saturated heterocycles. The normalized spacial score (nSPS) is 12.9. The van der Waals surface area contributed by atoms with Gasteiger partial charge in [0.05, 0.1) is 33.1 Å². The quantitative estimate of drug-likeness (QED) is 0.355. The second kappa shape index (κ2) is 11.8. The van der Waals surface area contributed by atoms with E-state index < -0.39 is 12.1 Å². The second-order valence-corrected chi connectivity index (χ2v) is 9.53. The molecule has 9 nitrogen and oxygen atoms in total. The van der Waals surface area contributed by atoms with Gasteiger partial charge in [0.1, 0.15) is 0 Å². The van der Waals surface area contributed by atoms with Gasteiger partial charge in [-0.2, -0.15) is 0 Å². The molecule has 0 aromatic heterocycles. The number of rotatable bonds is 8. The highest BCUT2D eigenvalue weighted by molar-refractivity contribution is 6.35. The number of nitrogens with one attached hydrogen (secondary N) is 2. The minimum Gasteiger partial charge on any atom is -0.493 e. The van der Waals surface area contributed by atoms with Gasteiger partial charge in [-0.3, -0.25) is 4.79 Å². The first kappa shape index (κ1) is 27.4. The van der Waals surface area contributed by atoms with Crippen LogP contribution in [0, 0.1) is 0 Å². The Kier molecular flexibility index (Phi) is 8.51. The van der Waals surface area contributed by atoms with Crippen LogP contribution in [0.5, 0.6) is 17.2 Å². The van der Waals surface area contributed by atoms with E-state index in [4.69, 9.17) is 43.1 Å². The van der Waals surface area contributed by atoms with Crippen LogP contribution in [-0.2, 0) is 24.3 Å². The van der Waals surface area contributed by atoms with Gasteiger partial charge in [0.2, 0.25) is 11.7 Å². The number of halogens is 2. The molecule has 0 saturated carbocycles. The fraction of sp³-hybridized carbons (Fsp3) is 0.259. The highest BCUT2D eigenvalue weighted by Crippen LogP contribution is 2.42. The summed E-state index contributed by atoms with van der Waals surface area (Å²) < 4.78 is 16.1. The van der Waals surface area contributed by atoms with Crippen molar-refractivity contribution in [1.82, 2.24) is 4.90 Å². The van der Waals surface area contributed by atoms with E-state index >= 15 is 0 Å². The maximum atomic E-state index is 13.0. The smallest absolute Gasteiger partial charge is 0.323 e. The number of ether oxygens (including phenoxy) is 3. The van der Waals surface area contributed by atoms with Crippen molar-refractivity contribution in [2.24, 2.45) is 5.73 Å². The van der Waals surface area contributed by atoms with Crippen LogP contribution >= 0.6 is 23.2 Å². The number of carbonyl (C=O) groups excluding carboxylic acids is 2. The monoisotopic (exact) mass is 558 g/mol. The average Bonchev–Trinajstić information content (AvgIpc) is 3.32. The van der Waals surface area contributed by atoms with Gasteiger partial charge in [0.15, 0.2) is 11.5 Å². The molecule has 1 heterocycles. The molecule has 3 aromatic rings.